The molecule has 4 rings (SSSR count). The van der Waals surface area contributed by atoms with Gasteiger partial charge in [-0.15, -0.1) is 0 Å². The minimum absolute atomic E-state index is 0.0645. The summed E-state index contributed by atoms with van der Waals surface area (Å²) in [6.45, 7) is 5.27. The van der Waals surface area contributed by atoms with Crippen molar-refractivity contribution in [3.05, 3.63) is 35.9 Å². The van der Waals surface area contributed by atoms with Crippen molar-refractivity contribution >= 4 is 0 Å². The van der Waals surface area contributed by atoms with Gasteiger partial charge >= 0.3 is 0 Å². The van der Waals surface area contributed by atoms with Gasteiger partial charge in [0.2, 0.25) is 0 Å². The quantitative estimate of drug-likeness (QED) is 0.477. The lowest BCUT2D eigenvalue weighted by Crippen LogP contribution is -2.53. The van der Waals surface area contributed by atoms with Crippen LogP contribution < -0.4 is 0 Å². The van der Waals surface area contributed by atoms with E-state index in [1.807, 2.05) is 6.07 Å². The number of ether oxygens (including phenoxy) is 3. The number of likely N-dealkylation sites (tertiary alicyclic amines) is 1. The average Bonchev–Trinajstić information content (AvgIpc) is 3.05. The fraction of sp³-hybridized carbons (Fsp3) is 0.760. The predicted octanol–water partition coefficient (Wildman–Crippen LogP) is 4.96. The molecule has 0 N–H and O–H groups in total. The summed E-state index contributed by atoms with van der Waals surface area (Å²) >= 11 is 0. The van der Waals surface area contributed by atoms with Crippen LogP contribution in [0.1, 0.15) is 69.8 Å². The van der Waals surface area contributed by atoms with Crippen LogP contribution in [0.2, 0.25) is 0 Å². The molecule has 4 heteroatoms. The Hall–Kier alpha value is -0.940. The van der Waals surface area contributed by atoms with Gasteiger partial charge in [0.15, 0.2) is 0 Å². The lowest BCUT2D eigenvalue weighted by atomic mass is 9.82. The number of nitrogens with zero attached hydrogens (tertiary/aromatic N) is 1. The SMILES string of the molecule is c1ccc(COCCOC2CCOC3(CCN(C4CCCCCC4)CC3)C2)cc1. The van der Waals surface area contributed by atoms with Crippen molar-refractivity contribution in [1.82, 2.24) is 4.90 Å². The second kappa shape index (κ2) is 10.9. The zero-order valence-electron chi connectivity index (χ0n) is 18.0. The second-order valence-electron chi connectivity index (χ2n) is 9.24. The fourth-order valence-electron chi connectivity index (χ4n) is 5.43. The van der Waals surface area contributed by atoms with Crippen molar-refractivity contribution in [2.75, 3.05) is 32.9 Å². The van der Waals surface area contributed by atoms with Gasteiger partial charge in [-0.3, -0.25) is 0 Å². The van der Waals surface area contributed by atoms with Gasteiger partial charge in [-0.05, 0) is 37.7 Å². The molecule has 0 radical (unpaired) electrons. The van der Waals surface area contributed by atoms with Crippen LogP contribution in [0.25, 0.3) is 0 Å². The van der Waals surface area contributed by atoms with E-state index in [2.05, 4.69) is 29.2 Å². The lowest BCUT2D eigenvalue weighted by Gasteiger charge is -2.47. The molecule has 0 amide bonds. The Morgan fingerprint density at radius 2 is 1.69 bits per heavy atom. The van der Waals surface area contributed by atoms with Crippen molar-refractivity contribution in [1.29, 1.82) is 0 Å². The maximum absolute atomic E-state index is 6.34. The van der Waals surface area contributed by atoms with E-state index in [0.29, 0.717) is 25.9 Å². The first-order valence-corrected chi connectivity index (χ1v) is 11.9. The number of piperidine rings is 1. The van der Waals surface area contributed by atoms with Gasteiger partial charge in [-0.2, -0.15) is 0 Å². The van der Waals surface area contributed by atoms with Crippen LogP contribution in [-0.2, 0) is 20.8 Å². The molecule has 1 aliphatic carbocycles. The highest BCUT2D eigenvalue weighted by molar-refractivity contribution is 5.13. The molecule has 0 bridgehead atoms. The van der Waals surface area contributed by atoms with Crippen LogP contribution in [0.15, 0.2) is 30.3 Å². The zero-order chi connectivity index (χ0) is 19.8. The van der Waals surface area contributed by atoms with Crippen LogP contribution in [0.3, 0.4) is 0 Å². The third kappa shape index (κ3) is 6.27. The zero-order valence-corrected chi connectivity index (χ0v) is 18.0. The molecule has 1 saturated carbocycles. The molecule has 29 heavy (non-hydrogen) atoms. The molecule has 3 fully saturated rings. The molecule has 2 saturated heterocycles. The highest BCUT2D eigenvalue weighted by atomic mass is 16.5. The molecule has 1 unspecified atom stereocenters. The number of benzene rings is 1. The first-order valence-electron chi connectivity index (χ1n) is 11.9. The minimum Gasteiger partial charge on any atom is -0.376 e. The molecule has 3 aliphatic rings. The molecule has 4 nitrogen and oxygen atoms in total. The highest BCUT2D eigenvalue weighted by Crippen LogP contribution is 2.37. The van der Waals surface area contributed by atoms with E-state index < -0.39 is 0 Å². The Bertz CT molecular complexity index is 577. The summed E-state index contributed by atoms with van der Waals surface area (Å²) in [5, 5.41) is 0. The van der Waals surface area contributed by atoms with Gasteiger partial charge in [0.05, 0.1) is 31.5 Å². The molecule has 1 spiro atoms. The molecule has 162 valence electrons. The van der Waals surface area contributed by atoms with Crippen LogP contribution in [0, 0.1) is 0 Å². The van der Waals surface area contributed by atoms with E-state index in [1.54, 1.807) is 0 Å². The molecule has 1 aromatic rings. The van der Waals surface area contributed by atoms with E-state index in [0.717, 1.165) is 25.5 Å². The van der Waals surface area contributed by atoms with Gasteiger partial charge in [0.25, 0.3) is 0 Å². The first kappa shape index (κ1) is 21.3. The van der Waals surface area contributed by atoms with E-state index in [1.165, 1.54) is 70.0 Å². The molecule has 0 aromatic heterocycles. The average molecular weight is 402 g/mol. The molecule has 1 aromatic carbocycles. The van der Waals surface area contributed by atoms with Gasteiger partial charge in [0.1, 0.15) is 0 Å². The highest BCUT2D eigenvalue weighted by Gasteiger charge is 2.41. The van der Waals surface area contributed by atoms with Crippen LogP contribution >= 0.6 is 0 Å². The second-order valence-corrected chi connectivity index (χ2v) is 9.24. The summed E-state index contributed by atoms with van der Waals surface area (Å²) in [6, 6.07) is 11.2. The first-order chi connectivity index (χ1) is 14.3. The summed E-state index contributed by atoms with van der Waals surface area (Å²) in [5.74, 6) is 0. The lowest BCUT2D eigenvalue weighted by molar-refractivity contribution is -0.160. The Morgan fingerprint density at radius 3 is 2.45 bits per heavy atom. The Kier molecular flexibility index (Phi) is 8.01. The molecular formula is C25H39NO3. The fourth-order valence-corrected chi connectivity index (χ4v) is 5.43. The number of hydrogen-bond acceptors (Lipinski definition) is 4. The van der Waals surface area contributed by atoms with Crippen molar-refractivity contribution in [3.63, 3.8) is 0 Å². The third-order valence-electron chi connectivity index (χ3n) is 7.19. The molecule has 1 atom stereocenters. The summed E-state index contributed by atoms with van der Waals surface area (Å²) in [7, 11) is 0. The predicted molar refractivity (Wildman–Crippen MR) is 116 cm³/mol. The van der Waals surface area contributed by atoms with E-state index >= 15 is 0 Å². The van der Waals surface area contributed by atoms with Gasteiger partial charge in [-0.25, -0.2) is 0 Å². The monoisotopic (exact) mass is 401 g/mol. The third-order valence-corrected chi connectivity index (χ3v) is 7.19. The maximum atomic E-state index is 6.34. The smallest absolute Gasteiger partial charge is 0.0731 e. The molecule has 2 heterocycles. The van der Waals surface area contributed by atoms with Crippen LogP contribution in [0.5, 0.6) is 0 Å². The Labute approximate surface area is 176 Å². The topological polar surface area (TPSA) is 30.9 Å². The van der Waals surface area contributed by atoms with Crippen molar-refractivity contribution in [3.8, 4) is 0 Å². The van der Waals surface area contributed by atoms with Crippen LogP contribution in [0.4, 0.5) is 0 Å². The normalized spacial score (nSPS) is 26.4. The Balaban J connectivity index is 1.16. The van der Waals surface area contributed by atoms with E-state index in [-0.39, 0.29) is 5.60 Å². The Morgan fingerprint density at radius 1 is 0.931 bits per heavy atom. The largest absolute Gasteiger partial charge is 0.376 e. The van der Waals surface area contributed by atoms with Gasteiger partial charge in [0, 0.05) is 32.2 Å². The summed E-state index contributed by atoms with van der Waals surface area (Å²) in [5.41, 5.74) is 1.28. The van der Waals surface area contributed by atoms with Crippen LogP contribution in [-0.4, -0.2) is 55.6 Å². The van der Waals surface area contributed by atoms with Gasteiger partial charge < -0.3 is 19.1 Å². The summed E-state index contributed by atoms with van der Waals surface area (Å²) in [6.07, 6.45) is 13.3. The van der Waals surface area contributed by atoms with E-state index in [9.17, 15) is 0 Å². The number of rotatable bonds is 7. The summed E-state index contributed by atoms with van der Waals surface area (Å²) < 4.78 is 18.3. The minimum atomic E-state index is 0.0645. The standard InChI is InChI=1S/C25H39NO3/c1-2-7-11-23(10-6-1)26-15-13-25(14-16-26)20-24(12-17-29-25)28-19-18-27-21-22-8-4-3-5-9-22/h3-5,8-9,23-24H,1-2,6-7,10-21H2. The number of hydrogen-bond donors (Lipinski definition) is 0. The van der Waals surface area contributed by atoms with Gasteiger partial charge in [-0.1, -0.05) is 56.0 Å². The maximum Gasteiger partial charge on any atom is 0.0731 e. The van der Waals surface area contributed by atoms with Crippen molar-refractivity contribution in [2.45, 2.75) is 88.6 Å². The van der Waals surface area contributed by atoms with E-state index in [4.69, 9.17) is 14.2 Å². The van der Waals surface area contributed by atoms with Crippen molar-refractivity contribution < 1.29 is 14.2 Å². The molecular weight excluding hydrogens is 362 g/mol. The summed E-state index contributed by atoms with van der Waals surface area (Å²) in [4.78, 5) is 2.77. The molecule has 2 aliphatic heterocycles. The van der Waals surface area contributed by atoms with Crippen molar-refractivity contribution in [2.24, 2.45) is 0 Å².